The van der Waals surface area contributed by atoms with Gasteiger partial charge in [-0.15, -0.1) is 0 Å². The monoisotopic (exact) mass is 243 g/mol. The molecule has 1 heterocycles. The summed E-state index contributed by atoms with van der Waals surface area (Å²) in [7, 11) is 0. The molecule has 0 saturated heterocycles. The van der Waals surface area contributed by atoms with Crippen LogP contribution in [-0.4, -0.2) is 5.87 Å². The summed E-state index contributed by atoms with van der Waals surface area (Å²) in [6.45, 7) is 6.98. The molecule has 0 amide bonds. The highest BCUT2D eigenvalue weighted by Gasteiger charge is 2.03. The van der Waals surface area contributed by atoms with Gasteiger partial charge >= 0.3 is 0 Å². The number of hydrogen-bond donors (Lipinski definition) is 0. The van der Waals surface area contributed by atoms with Gasteiger partial charge in [-0.25, -0.2) is 14.8 Å². The molecule has 0 atom stereocenters. The minimum Gasteiger partial charge on any atom is -0.763 e. The first-order valence-corrected chi connectivity index (χ1v) is 5.62. The predicted molar refractivity (Wildman–Crippen MR) is 71.6 cm³/mol. The van der Waals surface area contributed by atoms with E-state index in [2.05, 4.69) is 20.7 Å². The van der Waals surface area contributed by atoms with Crippen molar-refractivity contribution in [3.05, 3.63) is 80.4 Å². The summed E-state index contributed by atoms with van der Waals surface area (Å²) in [4.78, 5) is 12.2. The highest BCUT2D eigenvalue weighted by Crippen LogP contribution is 2.06. The maximum Gasteiger partial charge on any atom is 0.189 e. The number of rotatable bonds is 0. The molecule has 0 radical (unpaired) electrons. The standard InChI is InChI=1S/C15H7N4/c1-17-12-6-7-13-14(8-12)19-15(18-13)11-4-2-10(9-16)3-5-11/h2-8H/q-1. The van der Waals surface area contributed by atoms with Crippen molar-refractivity contribution >= 4 is 17.4 Å². The van der Waals surface area contributed by atoms with Crippen molar-refractivity contribution in [3.8, 4) is 0 Å². The molecule has 4 heteroatoms. The molecule has 4 nitrogen and oxygen atoms in total. The minimum absolute atomic E-state index is 0.554. The van der Waals surface area contributed by atoms with E-state index < -0.39 is 0 Å². The molecule has 0 aliphatic carbocycles. The van der Waals surface area contributed by atoms with Crippen LogP contribution >= 0.6 is 0 Å². The van der Waals surface area contributed by atoms with Crippen molar-refractivity contribution in [2.75, 3.05) is 0 Å². The first kappa shape index (κ1) is 11.1. The lowest BCUT2D eigenvalue weighted by Gasteiger charge is -1.89. The fourth-order valence-electron chi connectivity index (χ4n) is 1.84. The quantitative estimate of drug-likeness (QED) is 0.468. The summed E-state index contributed by atoms with van der Waals surface area (Å²) in [6, 6.07) is 12.4. The van der Waals surface area contributed by atoms with Gasteiger partial charge in [0.05, 0.1) is 17.3 Å². The lowest BCUT2D eigenvalue weighted by molar-refractivity contribution is 1.36. The smallest absolute Gasteiger partial charge is 0.189 e. The normalized spacial score (nSPS) is 11.8. The average molecular weight is 243 g/mol. The van der Waals surface area contributed by atoms with Crippen LogP contribution in [0.1, 0.15) is 0 Å². The molecule has 2 aromatic rings. The van der Waals surface area contributed by atoms with Gasteiger partial charge < -0.3 is 5.41 Å². The Hall–Kier alpha value is -3.02. The van der Waals surface area contributed by atoms with E-state index in [1.807, 2.05) is 12.1 Å². The van der Waals surface area contributed by atoms with Gasteiger partial charge in [-0.05, 0) is 29.5 Å². The second-order valence-electron chi connectivity index (χ2n) is 4.02. The van der Waals surface area contributed by atoms with Gasteiger partial charge in [0.2, 0.25) is 0 Å². The van der Waals surface area contributed by atoms with Crippen molar-refractivity contribution in [3.63, 3.8) is 0 Å². The van der Waals surface area contributed by atoms with Crippen molar-refractivity contribution in [1.82, 2.24) is 0 Å². The van der Waals surface area contributed by atoms with Gasteiger partial charge in [0, 0.05) is 5.22 Å². The van der Waals surface area contributed by atoms with E-state index in [0.717, 1.165) is 10.6 Å². The van der Waals surface area contributed by atoms with E-state index in [9.17, 15) is 0 Å². The maximum absolute atomic E-state index is 8.76. The molecule has 1 aliphatic rings. The zero-order chi connectivity index (χ0) is 13.2. The Balaban J connectivity index is 2.27. The Morgan fingerprint density at radius 2 is 1.74 bits per heavy atom. The zero-order valence-electron chi connectivity index (χ0n) is 9.83. The van der Waals surface area contributed by atoms with Crippen LogP contribution in [0.15, 0.2) is 52.4 Å². The average Bonchev–Trinajstić information content (AvgIpc) is 2.90. The van der Waals surface area contributed by atoms with Gasteiger partial charge in [0.15, 0.2) is 11.5 Å². The van der Waals surface area contributed by atoms with E-state index in [1.165, 1.54) is 0 Å². The third-order valence-corrected chi connectivity index (χ3v) is 2.81. The Labute approximate surface area is 108 Å². The highest BCUT2D eigenvalue weighted by atomic mass is 15.0. The van der Waals surface area contributed by atoms with E-state index in [4.69, 9.17) is 12.0 Å². The molecule has 2 aromatic carbocycles. The lowest BCUT2D eigenvalue weighted by Crippen LogP contribution is -2.19. The van der Waals surface area contributed by atoms with Crippen LogP contribution in [0.25, 0.3) is 16.1 Å². The van der Waals surface area contributed by atoms with E-state index in [1.54, 1.807) is 30.3 Å². The SMILES string of the molecule is [C-]#[N+]c1ccc2c(c1)=NC(=c1ccc(=C=[N-])cc1)N=2. The predicted octanol–water partition coefficient (Wildman–Crippen LogP) is 0.167. The van der Waals surface area contributed by atoms with Gasteiger partial charge in [0.25, 0.3) is 0 Å². The molecule has 1 aliphatic heterocycles. The third kappa shape index (κ3) is 1.95. The Bertz CT molecular complexity index is 951. The molecule has 19 heavy (non-hydrogen) atoms. The van der Waals surface area contributed by atoms with E-state index in [-0.39, 0.29) is 0 Å². The second-order valence-corrected chi connectivity index (χ2v) is 4.02. The van der Waals surface area contributed by atoms with Crippen LogP contribution in [0.4, 0.5) is 5.69 Å². The van der Waals surface area contributed by atoms with Crippen LogP contribution in [0.5, 0.6) is 0 Å². The summed E-state index contributed by atoms with van der Waals surface area (Å²) in [5.41, 5.74) is 0.554. The zero-order valence-corrected chi connectivity index (χ0v) is 9.83. The van der Waals surface area contributed by atoms with Gasteiger partial charge in [0.1, 0.15) is 0 Å². The van der Waals surface area contributed by atoms with Crippen LogP contribution in [0.2, 0.25) is 0 Å². The molecule has 0 unspecified atom stereocenters. The lowest BCUT2D eigenvalue weighted by atomic mass is 10.2. The Morgan fingerprint density at radius 3 is 2.42 bits per heavy atom. The van der Waals surface area contributed by atoms with Gasteiger partial charge in [-0.3, -0.25) is 5.87 Å². The summed E-state index contributed by atoms with van der Waals surface area (Å²) < 4.78 is 0. The van der Waals surface area contributed by atoms with E-state index >= 15 is 0 Å². The fourth-order valence-corrected chi connectivity index (χ4v) is 1.84. The Morgan fingerprint density at radius 1 is 1.00 bits per heavy atom. The first-order valence-electron chi connectivity index (χ1n) is 5.62. The van der Waals surface area contributed by atoms with Crippen LogP contribution in [0.3, 0.4) is 0 Å². The Kier molecular flexibility index (Phi) is 2.53. The molecular formula is C15H7N4-. The van der Waals surface area contributed by atoms with Crippen molar-refractivity contribution < 1.29 is 0 Å². The number of benzene rings is 2. The molecule has 88 valence electrons. The minimum atomic E-state index is 0.554. The summed E-state index contributed by atoms with van der Waals surface area (Å²) in [6.07, 6.45) is 0. The molecular weight excluding hydrogens is 236 g/mol. The van der Waals surface area contributed by atoms with Crippen molar-refractivity contribution in [2.24, 2.45) is 9.98 Å². The van der Waals surface area contributed by atoms with Crippen molar-refractivity contribution in [2.45, 2.75) is 0 Å². The first-order chi connectivity index (χ1) is 9.30. The van der Waals surface area contributed by atoms with Crippen LogP contribution in [0, 0.1) is 6.57 Å². The molecule has 0 N–H and O–H groups in total. The largest absolute Gasteiger partial charge is 0.763 e. The summed E-state index contributed by atoms with van der Waals surface area (Å²) in [5, 5.41) is 11.7. The molecule has 0 aromatic heterocycles. The number of hydrogen-bond acceptors (Lipinski definition) is 2. The molecule has 0 spiro atoms. The molecule has 0 bridgehead atoms. The van der Waals surface area contributed by atoms with Crippen LogP contribution < -0.4 is 21.2 Å². The molecule has 0 fully saturated rings. The maximum atomic E-state index is 8.76. The van der Waals surface area contributed by atoms with Crippen molar-refractivity contribution in [1.29, 1.82) is 0 Å². The second kappa shape index (κ2) is 4.34. The number of nitrogens with zero attached hydrogens (tertiary/aromatic N) is 4. The van der Waals surface area contributed by atoms with Gasteiger partial charge in [-0.1, -0.05) is 18.2 Å². The third-order valence-electron chi connectivity index (χ3n) is 2.81. The molecule has 0 saturated carbocycles. The van der Waals surface area contributed by atoms with E-state index in [0.29, 0.717) is 22.1 Å². The summed E-state index contributed by atoms with van der Waals surface area (Å²) >= 11 is 0. The highest BCUT2D eigenvalue weighted by molar-refractivity contribution is 5.55. The topological polar surface area (TPSA) is 51.4 Å². The van der Waals surface area contributed by atoms with Gasteiger partial charge in [-0.2, -0.15) is 0 Å². The fraction of sp³-hybridized carbons (Fsp3) is 0. The summed E-state index contributed by atoms with van der Waals surface area (Å²) in [5.74, 6) is 2.69. The number of fused-ring (bicyclic) bond motifs is 1. The molecule has 3 rings (SSSR count). The van der Waals surface area contributed by atoms with Crippen LogP contribution in [-0.2, 0) is 0 Å².